The van der Waals surface area contributed by atoms with Gasteiger partial charge in [0.05, 0.1) is 17.6 Å². The fourth-order valence-corrected chi connectivity index (χ4v) is 3.88. The third-order valence-electron chi connectivity index (χ3n) is 4.42. The Bertz CT molecular complexity index is 966. The van der Waals surface area contributed by atoms with Crippen molar-refractivity contribution in [3.05, 3.63) is 40.2 Å². The molecule has 0 unspecified atom stereocenters. The minimum atomic E-state index is -0.978. The van der Waals surface area contributed by atoms with E-state index in [1.165, 1.54) is 7.11 Å². The molecule has 0 saturated carbocycles. The van der Waals surface area contributed by atoms with Gasteiger partial charge in [0, 0.05) is 25.0 Å². The zero-order chi connectivity index (χ0) is 22.4. The third kappa shape index (κ3) is 6.17. The molecule has 3 rings (SSSR count). The fraction of sp³-hybridized carbons (Fsp3) is 0.350. The lowest BCUT2D eigenvalue weighted by Gasteiger charge is -2.28. The van der Waals surface area contributed by atoms with Gasteiger partial charge < -0.3 is 29.7 Å². The van der Waals surface area contributed by atoms with Gasteiger partial charge in [-0.05, 0) is 42.8 Å². The van der Waals surface area contributed by atoms with Crippen LogP contribution in [0, 0.1) is 6.92 Å². The molecular formula is C20H22ClN3O6S. The first kappa shape index (κ1) is 23.0. The molecule has 1 atom stereocenters. The summed E-state index contributed by atoms with van der Waals surface area (Å²) in [6, 6.07) is 7.40. The number of methoxy groups -OCH3 is 1. The van der Waals surface area contributed by atoms with Crippen molar-refractivity contribution in [2.75, 3.05) is 43.7 Å². The molecule has 31 heavy (non-hydrogen) atoms. The zero-order valence-electron chi connectivity index (χ0n) is 17.0. The maximum Gasteiger partial charge on any atom is 0.414 e. The number of nitrogens with zero attached hydrogens (tertiary/aromatic N) is 1. The van der Waals surface area contributed by atoms with Crippen LogP contribution < -0.4 is 20.3 Å². The molecule has 0 spiro atoms. The Kier molecular flexibility index (Phi) is 7.85. The highest BCUT2D eigenvalue weighted by Crippen LogP contribution is 2.28. The summed E-state index contributed by atoms with van der Waals surface area (Å²) in [6.45, 7) is 2.80. The molecule has 2 aromatic rings. The number of morpholine rings is 1. The number of benzene rings is 1. The SMILES string of the molecule is COC[C@H](NC(=O)Oc1ccc(Cl)s1)C(=O)Nc1ccc(N2CCOCC2=O)c(C)c1. The molecule has 0 radical (unpaired) electrons. The summed E-state index contributed by atoms with van der Waals surface area (Å²) in [7, 11) is 1.42. The van der Waals surface area contributed by atoms with Crippen LogP contribution in [-0.2, 0) is 19.1 Å². The minimum Gasteiger partial charge on any atom is -0.399 e. The molecule has 2 N–H and O–H groups in total. The minimum absolute atomic E-state index is 0.0501. The molecular weight excluding hydrogens is 446 g/mol. The number of hydrogen-bond donors (Lipinski definition) is 2. The lowest BCUT2D eigenvalue weighted by molar-refractivity contribution is -0.125. The average molecular weight is 468 g/mol. The lowest BCUT2D eigenvalue weighted by atomic mass is 10.1. The summed E-state index contributed by atoms with van der Waals surface area (Å²) in [4.78, 5) is 38.5. The first-order valence-electron chi connectivity index (χ1n) is 9.39. The molecule has 1 aromatic heterocycles. The Morgan fingerprint density at radius 2 is 2.13 bits per heavy atom. The van der Waals surface area contributed by atoms with Crippen molar-refractivity contribution in [3.63, 3.8) is 0 Å². The lowest BCUT2D eigenvalue weighted by Crippen LogP contribution is -2.47. The van der Waals surface area contributed by atoms with Crippen molar-refractivity contribution < 1.29 is 28.6 Å². The van der Waals surface area contributed by atoms with Crippen molar-refractivity contribution >= 4 is 52.2 Å². The zero-order valence-corrected chi connectivity index (χ0v) is 18.5. The van der Waals surface area contributed by atoms with E-state index in [1.54, 1.807) is 35.2 Å². The summed E-state index contributed by atoms with van der Waals surface area (Å²) >= 11 is 6.91. The number of amides is 3. The molecule has 9 nitrogen and oxygen atoms in total. The number of halogens is 1. The monoisotopic (exact) mass is 467 g/mol. The van der Waals surface area contributed by atoms with Crippen molar-refractivity contribution in [3.8, 4) is 5.06 Å². The van der Waals surface area contributed by atoms with Gasteiger partial charge in [-0.2, -0.15) is 0 Å². The molecule has 1 saturated heterocycles. The van der Waals surface area contributed by atoms with Gasteiger partial charge in [-0.15, -0.1) is 0 Å². The fourth-order valence-electron chi connectivity index (χ4n) is 3.00. The van der Waals surface area contributed by atoms with Crippen LogP contribution in [-0.4, -0.2) is 57.4 Å². The van der Waals surface area contributed by atoms with Gasteiger partial charge in [0.15, 0.2) is 5.06 Å². The van der Waals surface area contributed by atoms with E-state index in [1.807, 2.05) is 6.92 Å². The van der Waals surface area contributed by atoms with Crippen LogP contribution in [0.5, 0.6) is 5.06 Å². The number of aryl methyl sites for hydroxylation is 1. The average Bonchev–Trinajstić information content (AvgIpc) is 3.13. The molecule has 2 heterocycles. The number of carbonyl (C=O) groups excluding carboxylic acids is 3. The first-order valence-corrected chi connectivity index (χ1v) is 10.6. The second-order valence-corrected chi connectivity index (χ2v) is 8.37. The van der Waals surface area contributed by atoms with E-state index < -0.39 is 18.0 Å². The van der Waals surface area contributed by atoms with Crippen LogP contribution in [0.4, 0.5) is 16.2 Å². The standard InChI is InChI=1S/C20H22ClN3O6S/c1-12-9-13(3-4-15(12)24-7-8-29-11-17(24)25)22-19(26)14(10-28-2)23-20(27)30-18-6-5-16(21)31-18/h3-6,9,14H,7-8,10-11H2,1-2H3,(H,22,26)(H,23,27)/t14-/m0/s1. The van der Waals surface area contributed by atoms with Gasteiger partial charge in [-0.1, -0.05) is 22.9 Å². The van der Waals surface area contributed by atoms with Crippen LogP contribution >= 0.6 is 22.9 Å². The second kappa shape index (κ2) is 10.6. The van der Waals surface area contributed by atoms with Gasteiger partial charge in [0.1, 0.15) is 12.6 Å². The Morgan fingerprint density at radius 3 is 2.77 bits per heavy atom. The molecule has 0 bridgehead atoms. The van der Waals surface area contributed by atoms with E-state index in [2.05, 4.69) is 10.6 Å². The Balaban J connectivity index is 1.63. The van der Waals surface area contributed by atoms with Crippen LogP contribution in [0.2, 0.25) is 4.34 Å². The molecule has 0 aliphatic carbocycles. The number of rotatable bonds is 7. The number of ether oxygens (including phenoxy) is 3. The third-order valence-corrected chi connectivity index (χ3v) is 5.53. The molecule has 1 aliphatic rings. The molecule has 3 amide bonds. The predicted octanol–water partition coefficient (Wildman–Crippen LogP) is 2.82. The Morgan fingerprint density at radius 1 is 1.32 bits per heavy atom. The first-order chi connectivity index (χ1) is 14.9. The van der Waals surface area contributed by atoms with Gasteiger partial charge in [-0.3, -0.25) is 9.59 Å². The highest BCUT2D eigenvalue weighted by atomic mass is 35.5. The van der Waals surface area contributed by atoms with Crippen molar-refractivity contribution in [1.29, 1.82) is 0 Å². The normalized spacial score (nSPS) is 14.8. The Hall–Kier alpha value is -2.66. The van der Waals surface area contributed by atoms with Crippen LogP contribution in [0.1, 0.15) is 5.56 Å². The van der Waals surface area contributed by atoms with Crippen LogP contribution in [0.25, 0.3) is 0 Å². The second-order valence-electron chi connectivity index (χ2n) is 6.69. The van der Waals surface area contributed by atoms with Crippen molar-refractivity contribution in [1.82, 2.24) is 5.32 Å². The highest BCUT2D eigenvalue weighted by Gasteiger charge is 2.24. The van der Waals surface area contributed by atoms with Crippen LogP contribution in [0.15, 0.2) is 30.3 Å². The molecule has 1 fully saturated rings. The number of thiophene rings is 1. The summed E-state index contributed by atoms with van der Waals surface area (Å²) in [6.07, 6.45) is -0.798. The molecule has 166 valence electrons. The number of carbonyl (C=O) groups is 3. The summed E-state index contributed by atoms with van der Waals surface area (Å²) in [5, 5.41) is 5.53. The number of hydrogen-bond acceptors (Lipinski definition) is 7. The van der Waals surface area contributed by atoms with Crippen molar-refractivity contribution in [2.45, 2.75) is 13.0 Å². The maximum atomic E-state index is 12.7. The summed E-state index contributed by atoms with van der Waals surface area (Å²) < 4.78 is 15.8. The van der Waals surface area contributed by atoms with Crippen LogP contribution in [0.3, 0.4) is 0 Å². The quantitative estimate of drug-likeness (QED) is 0.648. The molecule has 1 aromatic carbocycles. The van der Waals surface area contributed by atoms with E-state index >= 15 is 0 Å². The topological polar surface area (TPSA) is 106 Å². The van der Waals surface area contributed by atoms with Crippen molar-refractivity contribution in [2.24, 2.45) is 0 Å². The van der Waals surface area contributed by atoms with E-state index in [9.17, 15) is 14.4 Å². The summed E-state index contributed by atoms with van der Waals surface area (Å²) in [5.74, 6) is -0.585. The smallest absolute Gasteiger partial charge is 0.399 e. The van der Waals surface area contributed by atoms with E-state index in [0.717, 1.165) is 22.6 Å². The molecule has 11 heteroatoms. The number of anilines is 2. The predicted molar refractivity (Wildman–Crippen MR) is 117 cm³/mol. The van der Waals surface area contributed by atoms with E-state index in [-0.39, 0.29) is 19.1 Å². The number of nitrogens with one attached hydrogen (secondary N) is 2. The van der Waals surface area contributed by atoms with Gasteiger partial charge in [0.25, 0.3) is 5.91 Å². The molecule has 1 aliphatic heterocycles. The highest BCUT2D eigenvalue weighted by molar-refractivity contribution is 7.17. The summed E-state index contributed by atoms with van der Waals surface area (Å²) in [5.41, 5.74) is 2.10. The van der Waals surface area contributed by atoms with E-state index in [0.29, 0.717) is 28.2 Å². The Labute approximate surface area is 188 Å². The largest absolute Gasteiger partial charge is 0.414 e. The van der Waals surface area contributed by atoms with E-state index in [4.69, 9.17) is 25.8 Å². The maximum absolute atomic E-state index is 12.7. The van der Waals surface area contributed by atoms with Gasteiger partial charge in [-0.25, -0.2) is 4.79 Å². The van der Waals surface area contributed by atoms with Gasteiger partial charge in [0.2, 0.25) is 5.91 Å². The van der Waals surface area contributed by atoms with Gasteiger partial charge >= 0.3 is 6.09 Å².